The summed E-state index contributed by atoms with van der Waals surface area (Å²) >= 11 is 0. The van der Waals surface area contributed by atoms with E-state index in [1.165, 1.54) is 0 Å². The number of aliphatic hydroxyl groups excluding tert-OH is 1. The third-order valence-electron chi connectivity index (χ3n) is 2.08. The smallest absolute Gasteiger partial charge is 0.0927 e. The van der Waals surface area contributed by atoms with Crippen LogP contribution in [0.25, 0.3) is 0 Å². The van der Waals surface area contributed by atoms with Gasteiger partial charge in [0.25, 0.3) is 0 Å². The van der Waals surface area contributed by atoms with E-state index in [2.05, 4.69) is 7.05 Å². The van der Waals surface area contributed by atoms with Crippen LogP contribution in [0.15, 0.2) is 0 Å². The Hall–Kier alpha value is -0.120. The van der Waals surface area contributed by atoms with Gasteiger partial charge in [-0.1, -0.05) is 0 Å². The fourth-order valence-corrected chi connectivity index (χ4v) is 1.08. The maximum Gasteiger partial charge on any atom is 0.0927 e. The zero-order valence-electron chi connectivity index (χ0n) is 6.25. The van der Waals surface area contributed by atoms with Crippen LogP contribution in [0.1, 0.15) is 13.3 Å². The summed E-state index contributed by atoms with van der Waals surface area (Å²) in [6, 6.07) is 0. The molecule has 1 heterocycles. The topological polar surface area (TPSA) is 43.7 Å². The Balaban J connectivity index is 2.52. The molecule has 3 nitrogen and oxygen atoms in total. The molecular formula is C7H14NO2-. The van der Waals surface area contributed by atoms with Crippen molar-refractivity contribution < 1.29 is 10.2 Å². The highest BCUT2D eigenvalue weighted by Gasteiger charge is 2.33. The molecule has 0 aliphatic carbocycles. The first-order chi connectivity index (χ1) is 4.52. The van der Waals surface area contributed by atoms with Crippen LogP contribution in [0, 0.1) is 7.05 Å². The number of nitrogens with zero attached hydrogens (tertiary/aromatic N) is 1. The maximum absolute atomic E-state index is 9.46. The summed E-state index contributed by atoms with van der Waals surface area (Å²) in [6.45, 7) is 2.88. The van der Waals surface area contributed by atoms with Gasteiger partial charge in [-0.2, -0.15) is 0 Å². The first-order valence-electron chi connectivity index (χ1n) is 3.48. The molecular weight excluding hydrogens is 130 g/mol. The molecule has 1 rings (SSSR count). The van der Waals surface area contributed by atoms with Crippen LogP contribution in [0.5, 0.6) is 0 Å². The molecule has 10 heavy (non-hydrogen) atoms. The van der Waals surface area contributed by atoms with E-state index in [1.54, 1.807) is 11.8 Å². The molecule has 1 saturated heterocycles. The van der Waals surface area contributed by atoms with Gasteiger partial charge in [0.2, 0.25) is 0 Å². The molecule has 0 aromatic heterocycles. The number of β-amino-alcohol motifs (C(OH)–C–C–N with tert-alkyl or cyclic N) is 1. The average molecular weight is 144 g/mol. The molecule has 0 bridgehead atoms. The Bertz CT molecular complexity index is 125. The van der Waals surface area contributed by atoms with E-state index in [1.807, 2.05) is 0 Å². The second kappa shape index (κ2) is 2.49. The Morgan fingerprint density at radius 1 is 1.70 bits per heavy atom. The third-order valence-corrected chi connectivity index (χ3v) is 2.08. The molecule has 1 aliphatic rings. The largest absolute Gasteiger partial charge is 0.457 e. The molecule has 0 unspecified atom stereocenters. The lowest BCUT2D eigenvalue weighted by Gasteiger charge is -2.42. The van der Waals surface area contributed by atoms with Gasteiger partial charge in [0, 0.05) is 0 Å². The van der Waals surface area contributed by atoms with Crippen LogP contribution in [0.3, 0.4) is 0 Å². The van der Waals surface area contributed by atoms with Crippen LogP contribution < -0.4 is 0 Å². The van der Waals surface area contributed by atoms with Gasteiger partial charge in [0.1, 0.15) is 0 Å². The predicted molar refractivity (Wildman–Crippen MR) is 38.2 cm³/mol. The molecule has 60 valence electrons. The number of rotatable bonds is 0. The minimum Gasteiger partial charge on any atom is -0.457 e. The highest BCUT2D eigenvalue weighted by atomic mass is 16.3. The average Bonchev–Trinajstić information content (AvgIpc) is 1.81. The van der Waals surface area contributed by atoms with Gasteiger partial charge in [-0.25, -0.2) is 0 Å². The van der Waals surface area contributed by atoms with Crippen LogP contribution in [0.4, 0.5) is 0 Å². The summed E-state index contributed by atoms with van der Waals surface area (Å²) in [4.78, 5) is 1.77. The van der Waals surface area contributed by atoms with Gasteiger partial charge in [0.05, 0.1) is 11.7 Å². The third kappa shape index (κ3) is 1.48. The number of hydrogen-bond donors (Lipinski definition) is 2. The van der Waals surface area contributed by atoms with Gasteiger partial charge in [-0.3, -0.25) is 7.05 Å². The van der Waals surface area contributed by atoms with E-state index >= 15 is 0 Å². The summed E-state index contributed by atoms with van der Waals surface area (Å²) in [6.07, 6.45) is -0.0590. The van der Waals surface area contributed by atoms with E-state index in [-0.39, 0.29) is 0 Å². The molecule has 0 saturated carbocycles. The molecule has 2 atom stereocenters. The highest BCUT2D eigenvalue weighted by molar-refractivity contribution is 4.89. The zero-order valence-corrected chi connectivity index (χ0v) is 6.25. The van der Waals surface area contributed by atoms with E-state index in [0.29, 0.717) is 13.0 Å². The summed E-state index contributed by atoms with van der Waals surface area (Å²) in [5.41, 5.74) is -0.909. The number of aliphatic hydroxyl groups is 2. The molecule has 0 radical (unpaired) electrons. The van der Waals surface area contributed by atoms with Crippen molar-refractivity contribution in [1.29, 1.82) is 0 Å². The van der Waals surface area contributed by atoms with Crippen molar-refractivity contribution in [2.75, 3.05) is 13.1 Å². The summed E-state index contributed by atoms with van der Waals surface area (Å²) in [5, 5.41) is 18.7. The maximum atomic E-state index is 9.46. The van der Waals surface area contributed by atoms with Crippen molar-refractivity contribution in [3.05, 3.63) is 7.05 Å². The van der Waals surface area contributed by atoms with Gasteiger partial charge in [0.15, 0.2) is 0 Å². The quantitative estimate of drug-likeness (QED) is 0.454. The lowest BCUT2D eigenvalue weighted by atomic mass is 9.91. The lowest BCUT2D eigenvalue weighted by Crippen LogP contribution is -2.51. The van der Waals surface area contributed by atoms with Crippen molar-refractivity contribution in [3.63, 3.8) is 0 Å². The summed E-state index contributed by atoms with van der Waals surface area (Å²) in [5.74, 6) is 0. The SMILES string of the molecule is [CH2-]N1CC[C@@](C)(O)[C@@H](O)C1. The van der Waals surface area contributed by atoms with Crippen molar-refractivity contribution in [2.45, 2.75) is 25.0 Å². The van der Waals surface area contributed by atoms with Crippen molar-refractivity contribution in [1.82, 2.24) is 4.90 Å². The first kappa shape index (κ1) is 7.98. The van der Waals surface area contributed by atoms with Crippen molar-refractivity contribution in [3.8, 4) is 0 Å². The van der Waals surface area contributed by atoms with Crippen molar-refractivity contribution >= 4 is 0 Å². The second-order valence-corrected chi connectivity index (χ2v) is 3.20. The molecule has 1 fully saturated rings. The minimum absolute atomic E-state index is 0.465. The van der Waals surface area contributed by atoms with Crippen LogP contribution in [-0.2, 0) is 0 Å². The van der Waals surface area contributed by atoms with Gasteiger partial charge >= 0.3 is 0 Å². The fraction of sp³-hybridized carbons (Fsp3) is 0.857. The standard InChI is InChI=1S/C7H14NO2/c1-7(10)3-4-8(2)5-6(7)9/h6,9-10H,2-5H2,1H3/q-1/t6-,7+/m0/s1. The molecule has 3 heteroatoms. The number of hydrogen-bond acceptors (Lipinski definition) is 3. The van der Waals surface area contributed by atoms with Gasteiger partial charge in [-0.15, -0.1) is 0 Å². The van der Waals surface area contributed by atoms with Crippen LogP contribution in [-0.4, -0.2) is 39.9 Å². The number of likely N-dealkylation sites (tertiary alicyclic amines) is 1. The molecule has 1 aliphatic heterocycles. The first-order valence-corrected chi connectivity index (χ1v) is 3.48. The number of piperidine rings is 1. The van der Waals surface area contributed by atoms with Crippen LogP contribution >= 0.6 is 0 Å². The fourth-order valence-electron chi connectivity index (χ4n) is 1.08. The van der Waals surface area contributed by atoms with Gasteiger partial charge in [-0.05, 0) is 26.4 Å². The molecule has 0 aromatic carbocycles. The van der Waals surface area contributed by atoms with E-state index in [4.69, 9.17) is 0 Å². The Labute approximate surface area is 61.3 Å². The molecule has 2 N–H and O–H groups in total. The summed E-state index contributed by atoms with van der Waals surface area (Å²) in [7, 11) is 3.68. The lowest BCUT2D eigenvalue weighted by molar-refractivity contribution is -0.0995. The Morgan fingerprint density at radius 3 is 2.70 bits per heavy atom. The molecule has 0 spiro atoms. The van der Waals surface area contributed by atoms with Crippen LogP contribution in [0.2, 0.25) is 0 Å². The monoisotopic (exact) mass is 144 g/mol. The van der Waals surface area contributed by atoms with E-state index < -0.39 is 11.7 Å². The van der Waals surface area contributed by atoms with E-state index in [9.17, 15) is 10.2 Å². The molecule has 0 amide bonds. The minimum atomic E-state index is -0.909. The summed E-state index contributed by atoms with van der Waals surface area (Å²) < 4.78 is 0. The highest BCUT2D eigenvalue weighted by Crippen LogP contribution is 2.20. The normalized spacial score (nSPS) is 43.8. The Kier molecular flexibility index (Phi) is 1.99. The second-order valence-electron chi connectivity index (χ2n) is 3.20. The van der Waals surface area contributed by atoms with Crippen molar-refractivity contribution in [2.24, 2.45) is 0 Å². The molecule has 0 aromatic rings. The zero-order chi connectivity index (χ0) is 7.78. The predicted octanol–water partition coefficient (Wildman–Crippen LogP) is -0.404. The Morgan fingerprint density at radius 2 is 2.30 bits per heavy atom. The van der Waals surface area contributed by atoms with Gasteiger partial charge < -0.3 is 15.1 Å². The van der Waals surface area contributed by atoms with E-state index in [0.717, 1.165) is 6.54 Å².